The van der Waals surface area contributed by atoms with Crippen LogP contribution >= 0.6 is 0 Å². The van der Waals surface area contributed by atoms with Gasteiger partial charge in [0.25, 0.3) is 0 Å². The Labute approximate surface area is 223 Å². The van der Waals surface area contributed by atoms with Crippen molar-refractivity contribution in [3.8, 4) is 0 Å². The molecule has 3 aliphatic carbocycles. The first-order valence-corrected chi connectivity index (χ1v) is 13.4. The van der Waals surface area contributed by atoms with Crippen LogP contribution in [0.4, 0.5) is 0 Å². The van der Waals surface area contributed by atoms with Gasteiger partial charge in [-0.1, -0.05) is 19.4 Å². The summed E-state index contributed by atoms with van der Waals surface area (Å²) in [7, 11) is 0. The molecule has 3 heterocycles. The van der Waals surface area contributed by atoms with Crippen molar-refractivity contribution in [1.29, 1.82) is 0 Å². The van der Waals surface area contributed by atoms with Crippen molar-refractivity contribution in [2.45, 2.75) is 88.1 Å². The Hall–Kier alpha value is -1.52. The SMILES string of the molecule is CC1=CC(=O)[C@@H](O)[C@]2(C)[C@H]3[C@@]4(O)OC[C@]35[C@H]([C@@H](C)[C@H]4O)[C@@H](O[C@@H]3O[C@H](CO)[C@@H](O)[C@H](O)[C@H]3O)C(=O)O[C@@H]5C[C@@H]12. The van der Waals surface area contributed by atoms with Gasteiger partial charge in [0.05, 0.1) is 13.2 Å². The highest BCUT2D eigenvalue weighted by Gasteiger charge is 2.83. The van der Waals surface area contributed by atoms with Gasteiger partial charge < -0.3 is 54.7 Å². The highest BCUT2D eigenvalue weighted by molar-refractivity contribution is 5.96. The van der Waals surface area contributed by atoms with Crippen LogP contribution in [0.15, 0.2) is 11.6 Å². The third-order valence-electron chi connectivity index (χ3n) is 10.8. The smallest absolute Gasteiger partial charge is 0.336 e. The van der Waals surface area contributed by atoms with Crippen LogP contribution in [0.3, 0.4) is 0 Å². The highest BCUT2D eigenvalue weighted by atomic mass is 16.7. The highest BCUT2D eigenvalue weighted by Crippen LogP contribution is 2.73. The molecule has 6 rings (SSSR count). The van der Waals surface area contributed by atoms with Crippen molar-refractivity contribution in [2.75, 3.05) is 13.2 Å². The van der Waals surface area contributed by atoms with E-state index in [1.54, 1.807) is 20.8 Å². The van der Waals surface area contributed by atoms with Gasteiger partial charge in [-0.3, -0.25) is 4.79 Å². The molecule has 0 unspecified atom stereocenters. The first-order valence-electron chi connectivity index (χ1n) is 13.4. The zero-order valence-electron chi connectivity index (χ0n) is 21.8. The zero-order valence-corrected chi connectivity index (χ0v) is 21.8. The molecule has 13 heteroatoms. The Morgan fingerprint density at radius 2 is 1.79 bits per heavy atom. The van der Waals surface area contributed by atoms with E-state index >= 15 is 0 Å². The van der Waals surface area contributed by atoms with Gasteiger partial charge in [-0.2, -0.15) is 0 Å². The largest absolute Gasteiger partial charge is 0.460 e. The quantitative estimate of drug-likeness (QED) is 0.173. The van der Waals surface area contributed by atoms with Gasteiger partial charge in [0.15, 0.2) is 24.0 Å². The summed E-state index contributed by atoms with van der Waals surface area (Å²) in [6, 6.07) is 0. The number of aliphatic hydroxyl groups excluding tert-OH is 6. The minimum absolute atomic E-state index is 0.168. The number of aliphatic hydroxyl groups is 7. The fourth-order valence-corrected chi connectivity index (χ4v) is 9.08. The second kappa shape index (κ2) is 8.74. The van der Waals surface area contributed by atoms with Crippen LogP contribution in [0.25, 0.3) is 0 Å². The van der Waals surface area contributed by atoms with Crippen molar-refractivity contribution >= 4 is 11.8 Å². The summed E-state index contributed by atoms with van der Waals surface area (Å²) in [6.45, 7) is 4.17. The van der Waals surface area contributed by atoms with E-state index in [1.807, 2.05) is 0 Å². The van der Waals surface area contributed by atoms with Gasteiger partial charge in [-0.25, -0.2) is 4.79 Å². The average molecular weight is 557 g/mol. The molecule has 16 atom stereocenters. The summed E-state index contributed by atoms with van der Waals surface area (Å²) in [4.78, 5) is 26.4. The average Bonchev–Trinajstić information content (AvgIpc) is 3.18. The molecule has 2 saturated carbocycles. The molecule has 39 heavy (non-hydrogen) atoms. The third-order valence-corrected chi connectivity index (χ3v) is 10.8. The molecule has 1 spiro atoms. The van der Waals surface area contributed by atoms with E-state index in [1.165, 1.54) is 6.08 Å². The molecule has 0 amide bonds. The standard InChI is InChI=1S/C26H36O13/c1-8-4-11(28)20(33)24(3)10(8)5-13-25-7-36-26(35,23(24)25)19(32)9(2)14(25)18(21(34)38-13)39-22-17(31)16(30)15(29)12(6-27)37-22/h4,9-10,12-20,22-23,27,29-33,35H,5-7H2,1-3H3/t9-,10+,12-,13-,14-,15-,16+,17-,18-,19-,20-,22+,23-,24-,25+,26+/m1/s1. The molecule has 2 bridgehead atoms. The third kappa shape index (κ3) is 3.25. The van der Waals surface area contributed by atoms with Crippen molar-refractivity contribution < 1.29 is 64.3 Å². The van der Waals surface area contributed by atoms with Gasteiger partial charge in [-0.05, 0) is 31.3 Å². The number of ketones is 1. The van der Waals surface area contributed by atoms with E-state index in [9.17, 15) is 45.3 Å². The summed E-state index contributed by atoms with van der Waals surface area (Å²) >= 11 is 0. The van der Waals surface area contributed by atoms with Crippen LogP contribution in [-0.4, -0.2) is 122 Å². The van der Waals surface area contributed by atoms with Gasteiger partial charge in [-0.15, -0.1) is 0 Å². The fraction of sp³-hybridized carbons (Fsp3) is 0.846. The molecular formula is C26H36O13. The van der Waals surface area contributed by atoms with E-state index in [-0.39, 0.29) is 13.0 Å². The summed E-state index contributed by atoms with van der Waals surface area (Å²) < 4.78 is 23.3. The predicted octanol–water partition coefficient (Wildman–Crippen LogP) is -3.04. The lowest BCUT2D eigenvalue weighted by atomic mass is 9.38. The van der Waals surface area contributed by atoms with Crippen molar-refractivity contribution in [3.63, 3.8) is 0 Å². The number of hydrogen-bond donors (Lipinski definition) is 7. The number of ether oxygens (including phenoxy) is 4. The van der Waals surface area contributed by atoms with E-state index in [2.05, 4.69) is 0 Å². The molecule has 7 N–H and O–H groups in total. The Morgan fingerprint density at radius 1 is 1.10 bits per heavy atom. The molecule has 218 valence electrons. The second-order valence-electron chi connectivity index (χ2n) is 12.4. The van der Waals surface area contributed by atoms with Gasteiger partial charge >= 0.3 is 5.97 Å². The Bertz CT molecular complexity index is 1090. The summed E-state index contributed by atoms with van der Waals surface area (Å²) in [5.74, 6) is -6.78. The fourth-order valence-electron chi connectivity index (χ4n) is 9.08. The van der Waals surface area contributed by atoms with Crippen LogP contribution in [0.5, 0.6) is 0 Å². The molecule has 6 aliphatic rings. The lowest BCUT2D eigenvalue weighted by Crippen LogP contribution is -2.78. The molecule has 3 aliphatic heterocycles. The monoisotopic (exact) mass is 556 g/mol. The number of rotatable bonds is 3. The number of carbonyl (C=O) groups is 2. The Morgan fingerprint density at radius 3 is 2.46 bits per heavy atom. The number of esters is 1. The summed E-state index contributed by atoms with van der Waals surface area (Å²) in [5.41, 5.74) is -1.84. The lowest BCUT2D eigenvalue weighted by molar-refractivity contribution is -0.359. The first-order chi connectivity index (χ1) is 18.2. The van der Waals surface area contributed by atoms with Crippen molar-refractivity contribution in [2.24, 2.45) is 34.5 Å². The number of allylic oxidation sites excluding steroid dienone is 1. The maximum atomic E-state index is 13.5. The van der Waals surface area contributed by atoms with Gasteiger partial charge in [0, 0.05) is 22.7 Å². The zero-order chi connectivity index (χ0) is 28.4. The number of carbonyl (C=O) groups excluding carboxylic acids is 2. The molecule has 5 fully saturated rings. The first kappa shape index (κ1) is 27.6. The van der Waals surface area contributed by atoms with Crippen LogP contribution < -0.4 is 0 Å². The number of hydrogen-bond acceptors (Lipinski definition) is 13. The topological polar surface area (TPSA) is 213 Å². The lowest BCUT2D eigenvalue weighted by Gasteiger charge is -2.68. The molecule has 0 aromatic rings. The summed E-state index contributed by atoms with van der Waals surface area (Å²) in [6.07, 6.45) is -11.9. The molecule has 3 saturated heterocycles. The number of fused-ring (bicyclic) bond motifs is 1. The second-order valence-corrected chi connectivity index (χ2v) is 12.4. The van der Waals surface area contributed by atoms with E-state index in [4.69, 9.17) is 18.9 Å². The predicted molar refractivity (Wildman–Crippen MR) is 125 cm³/mol. The van der Waals surface area contributed by atoms with E-state index < -0.39 is 114 Å². The Kier molecular flexibility index (Phi) is 6.20. The van der Waals surface area contributed by atoms with Crippen molar-refractivity contribution in [3.05, 3.63) is 11.6 Å². The van der Waals surface area contributed by atoms with E-state index in [0.29, 0.717) is 5.57 Å². The van der Waals surface area contributed by atoms with Crippen LogP contribution in [-0.2, 0) is 28.5 Å². The minimum atomic E-state index is -2.17. The minimum Gasteiger partial charge on any atom is -0.460 e. The summed E-state index contributed by atoms with van der Waals surface area (Å²) in [5, 5.41) is 75.2. The van der Waals surface area contributed by atoms with Crippen LogP contribution in [0, 0.1) is 34.5 Å². The maximum Gasteiger partial charge on any atom is 0.336 e. The van der Waals surface area contributed by atoms with Crippen molar-refractivity contribution in [1.82, 2.24) is 0 Å². The molecular weight excluding hydrogens is 520 g/mol. The van der Waals surface area contributed by atoms with Crippen LogP contribution in [0.1, 0.15) is 27.2 Å². The van der Waals surface area contributed by atoms with Crippen LogP contribution in [0.2, 0.25) is 0 Å². The molecule has 0 aromatic heterocycles. The normalized spacial score (nSPS) is 58.3. The Balaban J connectivity index is 1.46. The van der Waals surface area contributed by atoms with E-state index in [0.717, 1.165) is 0 Å². The van der Waals surface area contributed by atoms with Gasteiger partial charge in [0.2, 0.25) is 0 Å². The maximum absolute atomic E-state index is 13.5. The molecule has 13 nitrogen and oxygen atoms in total. The molecule has 0 radical (unpaired) electrons. The van der Waals surface area contributed by atoms with Gasteiger partial charge in [0.1, 0.15) is 42.7 Å². The molecule has 0 aromatic carbocycles.